The van der Waals surface area contributed by atoms with Crippen LogP contribution in [0.15, 0.2) is 60.7 Å². The molecule has 0 N–H and O–H groups in total. The molecule has 0 spiro atoms. The van der Waals surface area contributed by atoms with Crippen molar-refractivity contribution in [1.29, 1.82) is 0 Å². The minimum Gasteiger partial charge on any atom is -0.283 e. The highest BCUT2D eigenvalue weighted by atomic mass is 19.4. The van der Waals surface area contributed by atoms with Gasteiger partial charge in [0.15, 0.2) is 0 Å². The first kappa shape index (κ1) is 13.6. The van der Waals surface area contributed by atoms with Gasteiger partial charge in [-0.1, -0.05) is 60.7 Å². The molecule has 0 aromatic heterocycles. The predicted octanol–water partition coefficient (Wildman–Crippen LogP) is 4.51. The van der Waals surface area contributed by atoms with Gasteiger partial charge in [-0.2, -0.15) is 0 Å². The Morgan fingerprint density at radius 1 is 0.842 bits per heavy atom. The summed E-state index contributed by atoms with van der Waals surface area (Å²) in [5, 5.41) is 0. The van der Waals surface area contributed by atoms with Crippen LogP contribution >= 0.6 is 0 Å². The monoisotopic (exact) mass is 266 g/mol. The number of alkyl halides is 3. The molecule has 0 saturated heterocycles. The second-order valence-electron chi connectivity index (χ2n) is 4.15. The van der Waals surface area contributed by atoms with Crippen molar-refractivity contribution in [2.24, 2.45) is 0 Å². The maximum absolute atomic E-state index is 12.5. The van der Waals surface area contributed by atoms with E-state index in [4.69, 9.17) is 0 Å². The van der Waals surface area contributed by atoms with Gasteiger partial charge in [-0.15, -0.1) is 13.2 Å². The summed E-state index contributed by atoms with van der Waals surface area (Å²) in [7, 11) is 0. The van der Waals surface area contributed by atoms with Crippen LogP contribution in [-0.2, 0) is 11.2 Å². The highest BCUT2D eigenvalue weighted by Gasteiger charge is 2.34. The molecular weight excluding hydrogens is 253 g/mol. The van der Waals surface area contributed by atoms with E-state index >= 15 is 0 Å². The summed E-state index contributed by atoms with van der Waals surface area (Å²) in [5.74, 6) is 0. The van der Waals surface area contributed by atoms with Gasteiger partial charge in [0.05, 0.1) is 6.10 Å². The van der Waals surface area contributed by atoms with Crippen molar-refractivity contribution in [3.63, 3.8) is 0 Å². The number of hydrogen-bond acceptors (Lipinski definition) is 1. The number of benzene rings is 2. The summed E-state index contributed by atoms with van der Waals surface area (Å²) in [6.07, 6.45) is -5.48. The molecule has 0 bridgehead atoms. The van der Waals surface area contributed by atoms with Gasteiger partial charge in [0.1, 0.15) is 0 Å². The third-order valence-electron chi connectivity index (χ3n) is 2.71. The van der Waals surface area contributed by atoms with Gasteiger partial charge in [0.2, 0.25) is 0 Å². The average Bonchev–Trinajstić information content (AvgIpc) is 2.39. The molecule has 2 aromatic rings. The quantitative estimate of drug-likeness (QED) is 0.791. The predicted molar refractivity (Wildman–Crippen MR) is 66.5 cm³/mol. The molecule has 1 nitrogen and oxygen atoms in total. The zero-order valence-electron chi connectivity index (χ0n) is 10.1. The van der Waals surface area contributed by atoms with Crippen LogP contribution in [0.4, 0.5) is 13.2 Å². The molecule has 1 atom stereocenters. The molecule has 19 heavy (non-hydrogen) atoms. The lowest BCUT2D eigenvalue weighted by molar-refractivity contribution is -0.344. The SMILES string of the molecule is FC(F)(F)OC(Cc1ccccc1)c1ccccc1. The van der Waals surface area contributed by atoms with Gasteiger partial charge >= 0.3 is 6.36 Å². The van der Waals surface area contributed by atoms with E-state index in [0.29, 0.717) is 5.56 Å². The van der Waals surface area contributed by atoms with Crippen molar-refractivity contribution in [2.45, 2.75) is 18.9 Å². The second kappa shape index (κ2) is 5.89. The van der Waals surface area contributed by atoms with E-state index in [0.717, 1.165) is 5.56 Å². The van der Waals surface area contributed by atoms with Gasteiger partial charge in [0.25, 0.3) is 0 Å². The molecule has 0 saturated carbocycles. The third-order valence-corrected chi connectivity index (χ3v) is 2.71. The Morgan fingerprint density at radius 3 is 1.89 bits per heavy atom. The standard InChI is InChI=1S/C15H13F3O/c16-15(17,18)19-14(13-9-5-2-6-10-13)11-12-7-3-1-4-8-12/h1-10,14H,11H2. The maximum atomic E-state index is 12.5. The van der Waals surface area contributed by atoms with E-state index in [2.05, 4.69) is 4.74 Å². The molecule has 1 unspecified atom stereocenters. The van der Waals surface area contributed by atoms with Crippen molar-refractivity contribution < 1.29 is 17.9 Å². The zero-order valence-corrected chi connectivity index (χ0v) is 10.1. The highest BCUT2D eigenvalue weighted by molar-refractivity contribution is 5.22. The molecule has 0 aliphatic heterocycles. The minimum atomic E-state index is -4.64. The summed E-state index contributed by atoms with van der Waals surface area (Å²) < 4.78 is 41.6. The number of hydrogen-bond donors (Lipinski definition) is 0. The fraction of sp³-hybridized carbons (Fsp3) is 0.200. The summed E-state index contributed by atoms with van der Waals surface area (Å²) in [6, 6.07) is 17.4. The highest BCUT2D eigenvalue weighted by Crippen LogP contribution is 2.30. The summed E-state index contributed by atoms with van der Waals surface area (Å²) in [5.41, 5.74) is 1.32. The first-order chi connectivity index (χ1) is 9.04. The van der Waals surface area contributed by atoms with Crippen LogP contribution in [-0.4, -0.2) is 6.36 Å². The van der Waals surface area contributed by atoms with Crippen LogP contribution in [0.1, 0.15) is 17.2 Å². The van der Waals surface area contributed by atoms with Gasteiger partial charge in [0, 0.05) is 6.42 Å². The molecule has 2 aromatic carbocycles. The third kappa shape index (κ3) is 4.41. The molecule has 0 amide bonds. The fourth-order valence-corrected chi connectivity index (χ4v) is 1.88. The van der Waals surface area contributed by atoms with E-state index in [-0.39, 0.29) is 6.42 Å². The molecule has 0 aliphatic carbocycles. The van der Waals surface area contributed by atoms with Crippen LogP contribution in [0.5, 0.6) is 0 Å². The van der Waals surface area contributed by atoms with Crippen molar-refractivity contribution in [3.05, 3.63) is 71.8 Å². The Kier molecular flexibility index (Phi) is 4.22. The van der Waals surface area contributed by atoms with Crippen LogP contribution in [0, 0.1) is 0 Å². The molecule has 0 radical (unpaired) electrons. The summed E-state index contributed by atoms with van der Waals surface area (Å²) in [4.78, 5) is 0. The summed E-state index contributed by atoms with van der Waals surface area (Å²) >= 11 is 0. The lowest BCUT2D eigenvalue weighted by Gasteiger charge is -2.20. The lowest BCUT2D eigenvalue weighted by Crippen LogP contribution is -2.19. The Balaban J connectivity index is 2.20. The van der Waals surface area contributed by atoms with E-state index in [1.54, 1.807) is 54.6 Å². The van der Waals surface area contributed by atoms with Crippen LogP contribution in [0.25, 0.3) is 0 Å². The van der Waals surface area contributed by atoms with Crippen molar-refractivity contribution >= 4 is 0 Å². The van der Waals surface area contributed by atoms with Gasteiger partial charge in [-0.25, -0.2) is 0 Å². The normalized spacial score (nSPS) is 13.2. The molecule has 0 heterocycles. The van der Waals surface area contributed by atoms with E-state index in [1.165, 1.54) is 0 Å². The largest absolute Gasteiger partial charge is 0.523 e. The first-order valence-electron chi connectivity index (χ1n) is 5.88. The number of ether oxygens (including phenoxy) is 1. The van der Waals surface area contributed by atoms with Gasteiger partial charge in [-0.05, 0) is 11.1 Å². The van der Waals surface area contributed by atoms with Crippen molar-refractivity contribution in [1.82, 2.24) is 0 Å². The van der Waals surface area contributed by atoms with Crippen LogP contribution < -0.4 is 0 Å². The van der Waals surface area contributed by atoms with Gasteiger partial charge in [-0.3, -0.25) is 4.74 Å². The fourth-order valence-electron chi connectivity index (χ4n) is 1.88. The second-order valence-corrected chi connectivity index (χ2v) is 4.15. The molecule has 2 rings (SSSR count). The molecular formula is C15H13F3O. The Bertz CT molecular complexity index is 494. The summed E-state index contributed by atoms with van der Waals surface area (Å²) in [6.45, 7) is 0. The van der Waals surface area contributed by atoms with E-state index in [9.17, 15) is 13.2 Å². The minimum absolute atomic E-state index is 0.185. The Labute approximate surface area is 109 Å². The first-order valence-corrected chi connectivity index (χ1v) is 5.88. The molecule has 100 valence electrons. The van der Waals surface area contributed by atoms with Gasteiger partial charge < -0.3 is 0 Å². The number of halogens is 3. The Morgan fingerprint density at radius 2 is 1.37 bits per heavy atom. The van der Waals surface area contributed by atoms with Crippen LogP contribution in [0.2, 0.25) is 0 Å². The molecule has 0 aliphatic rings. The zero-order chi connectivity index (χ0) is 13.7. The topological polar surface area (TPSA) is 9.23 Å². The smallest absolute Gasteiger partial charge is 0.283 e. The van der Waals surface area contributed by atoms with E-state index in [1.807, 2.05) is 6.07 Å². The number of rotatable bonds is 4. The van der Waals surface area contributed by atoms with Crippen molar-refractivity contribution in [3.8, 4) is 0 Å². The maximum Gasteiger partial charge on any atom is 0.523 e. The Hall–Kier alpha value is -1.81. The van der Waals surface area contributed by atoms with E-state index < -0.39 is 12.5 Å². The molecule has 0 fully saturated rings. The van der Waals surface area contributed by atoms with Crippen LogP contribution in [0.3, 0.4) is 0 Å². The average molecular weight is 266 g/mol. The van der Waals surface area contributed by atoms with Crippen molar-refractivity contribution in [2.75, 3.05) is 0 Å². The molecule has 4 heteroatoms. The lowest BCUT2D eigenvalue weighted by atomic mass is 10.0.